The van der Waals surface area contributed by atoms with Gasteiger partial charge in [-0.3, -0.25) is 14.4 Å². The Labute approximate surface area is 171 Å². The second-order valence-corrected chi connectivity index (χ2v) is 7.07. The van der Waals surface area contributed by atoms with Crippen LogP contribution in [0.2, 0.25) is 0 Å². The summed E-state index contributed by atoms with van der Waals surface area (Å²) in [5, 5.41) is 2.79. The summed E-state index contributed by atoms with van der Waals surface area (Å²) in [4.78, 5) is 39.8. The highest BCUT2D eigenvalue weighted by Gasteiger charge is 2.60. The lowest BCUT2D eigenvalue weighted by molar-refractivity contribution is -0.152. The molecular formula is C23H26N2O4. The molecule has 29 heavy (non-hydrogen) atoms. The normalized spacial score (nSPS) is 15.7. The molecule has 0 N–H and O–H groups in total. The first kappa shape index (κ1) is 20.6. The van der Waals surface area contributed by atoms with Crippen molar-refractivity contribution in [2.45, 2.75) is 39.5 Å². The fourth-order valence-electron chi connectivity index (χ4n) is 3.67. The Hall–Kier alpha value is -3.15. The highest BCUT2D eigenvalue weighted by molar-refractivity contribution is 6.27. The summed E-state index contributed by atoms with van der Waals surface area (Å²) in [6, 6.07) is 18.1. The zero-order chi connectivity index (χ0) is 20.9. The molecule has 3 rings (SSSR count). The third-order valence-electron chi connectivity index (χ3n) is 5.11. The Balaban J connectivity index is 2.12. The van der Waals surface area contributed by atoms with E-state index in [1.54, 1.807) is 31.2 Å². The minimum atomic E-state index is -1.46. The fraction of sp³-hybridized carbons (Fsp3) is 0.348. The minimum Gasteiger partial charge on any atom is -0.466 e. The van der Waals surface area contributed by atoms with Gasteiger partial charge in [-0.1, -0.05) is 56.2 Å². The molecule has 0 bridgehead atoms. The van der Waals surface area contributed by atoms with Crippen LogP contribution in [0.25, 0.3) is 0 Å². The lowest BCUT2D eigenvalue weighted by Crippen LogP contribution is -2.41. The number of esters is 1. The summed E-state index contributed by atoms with van der Waals surface area (Å²) in [6.45, 7) is 3.91. The number of para-hydroxylation sites is 2. The first-order valence-electron chi connectivity index (χ1n) is 10.00. The number of amides is 2. The van der Waals surface area contributed by atoms with Gasteiger partial charge in [0.05, 0.1) is 24.4 Å². The molecule has 0 unspecified atom stereocenters. The van der Waals surface area contributed by atoms with E-state index >= 15 is 0 Å². The van der Waals surface area contributed by atoms with Gasteiger partial charge < -0.3 is 4.74 Å². The molecular weight excluding hydrogens is 368 g/mol. The van der Waals surface area contributed by atoms with Crippen molar-refractivity contribution in [2.24, 2.45) is 5.41 Å². The van der Waals surface area contributed by atoms with E-state index in [-0.39, 0.29) is 24.8 Å². The third-order valence-corrected chi connectivity index (χ3v) is 5.11. The molecule has 0 atom stereocenters. The zero-order valence-corrected chi connectivity index (χ0v) is 16.8. The molecule has 0 spiro atoms. The van der Waals surface area contributed by atoms with Crippen LogP contribution in [0, 0.1) is 5.41 Å². The third kappa shape index (κ3) is 3.88. The first-order valence-corrected chi connectivity index (χ1v) is 10.00. The van der Waals surface area contributed by atoms with Gasteiger partial charge in [0, 0.05) is 0 Å². The van der Waals surface area contributed by atoms with E-state index in [2.05, 4.69) is 0 Å². The number of carbonyl (C=O) groups excluding carboxylic acids is 3. The van der Waals surface area contributed by atoms with Gasteiger partial charge in [0.1, 0.15) is 5.41 Å². The second kappa shape index (κ2) is 8.90. The van der Waals surface area contributed by atoms with E-state index in [1.165, 1.54) is 10.0 Å². The SMILES string of the molecule is CCCCC1(CC(=O)OCC)C(=O)N(c2ccccc2)N(c2ccccc2)C1=O. The number of unbranched alkanes of at least 4 members (excludes halogenated alkanes) is 1. The maximum absolute atomic E-state index is 13.7. The molecule has 1 aliphatic rings. The van der Waals surface area contributed by atoms with Crippen molar-refractivity contribution < 1.29 is 19.1 Å². The topological polar surface area (TPSA) is 66.9 Å². The summed E-state index contributed by atoms with van der Waals surface area (Å²) in [5.74, 6) is -1.31. The van der Waals surface area contributed by atoms with Crippen LogP contribution in [0.1, 0.15) is 39.5 Å². The number of ether oxygens (including phenoxy) is 1. The monoisotopic (exact) mass is 394 g/mol. The Morgan fingerprint density at radius 2 is 1.34 bits per heavy atom. The zero-order valence-electron chi connectivity index (χ0n) is 16.8. The molecule has 0 aromatic heterocycles. The van der Waals surface area contributed by atoms with E-state index in [1.807, 2.05) is 43.3 Å². The van der Waals surface area contributed by atoms with Crippen LogP contribution in [-0.2, 0) is 19.1 Å². The van der Waals surface area contributed by atoms with Crippen molar-refractivity contribution in [3.05, 3.63) is 60.7 Å². The van der Waals surface area contributed by atoms with Gasteiger partial charge in [0.25, 0.3) is 11.8 Å². The van der Waals surface area contributed by atoms with E-state index < -0.39 is 11.4 Å². The number of benzene rings is 2. The smallest absolute Gasteiger partial charge is 0.307 e. The standard InChI is InChI=1S/C23H26N2O4/c1-3-5-16-23(17-20(26)29-4-2)21(27)24(18-12-8-6-9-13-18)25(22(23)28)19-14-10-7-11-15-19/h6-15H,3-5,16-17H2,1-2H3. The average molecular weight is 394 g/mol. The molecule has 1 fully saturated rings. The fourth-order valence-corrected chi connectivity index (χ4v) is 3.67. The molecule has 1 heterocycles. The predicted molar refractivity (Wildman–Crippen MR) is 111 cm³/mol. The molecule has 0 saturated carbocycles. The van der Waals surface area contributed by atoms with Gasteiger partial charge in [-0.25, -0.2) is 10.0 Å². The number of carbonyl (C=O) groups is 3. The van der Waals surface area contributed by atoms with Gasteiger partial charge in [-0.2, -0.15) is 0 Å². The summed E-state index contributed by atoms with van der Waals surface area (Å²) >= 11 is 0. The molecule has 1 saturated heterocycles. The number of anilines is 2. The number of hydrogen-bond acceptors (Lipinski definition) is 4. The Morgan fingerprint density at radius 3 is 1.76 bits per heavy atom. The second-order valence-electron chi connectivity index (χ2n) is 7.07. The molecule has 0 radical (unpaired) electrons. The van der Waals surface area contributed by atoms with Crippen molar-refractivity contribution >= 4 is 29.2 Å². The molecule has 2 aromatic rings. The van der Waals surface area contributed by atoms with Crippen molar-refractivity contribution in [3.8, 4) is 0 Å². The van der Waals surface area contributed by atoms with Crippen molar-refractivity contribution in [3.63, 3.8) is 0 Å². The van der Waals surface area contributed by atoms with Crippen LogP contribution < -0.4 is 10.0 Å². The van der Waals surface area contributed by atoms with E-state index in [9.17, 15) is 14.4 Å². The van der Waals surface area contributed by atoms with Crippen LogP contribution in [0.5, 0.6) is 0 Å². The molecule has 1 aliphatic heterocycles. The Kier molecular flexibility index (Phi) is 6.32. The van der Waals surface area contributed by atoms with Gasteiger partial charge in [0.2, 0.25) is 0 Å². The Bertz CT molecular complexity index is 809. The molecule has 152 valence electrons. The predicted octanol–water partition coefficient (Wildman–Crippen LogP) is 4.11. The van der Waals surface area contributed by atoms with E-state index in [4.69, 9.17) is 4.74 Å². The van der Waals surface area contributed by atoms with Crippen LogP contribution in [0.15, 0.2) is 60.7 Å². The van der Waals surface area contributed by atoms with E-state index in [0.717, 1.165) is 6.42 Å². The van der Waals surface area contributed by atoms with Gasteiger partial charge in [0.15, 0.2) is 0 Å². The van der Waals surface area contributed by atoms with Crippen LogP contribution in [0.4, 0.5) is 11.4 Å². The van der Waals surface area contributed by atoms with Gasteiger partial charge >= 0.3 is 5.97 Å². The first-order chi connectivity index (χ1) is 14.0. The molecule has 2 aromatic carbocycles. The maximum Gasteiger partial charge on any atom is 0.307 e. The number of hydrazine groups is 1. The summed E-state index contributed by atoms with van der Waals surface area (Å²) in [5.41, 5.74) is -0.303. The number of rotatable bonds is 8. The number of hydrogen-bond donors (Lipinski definition) is 0. The number of nitrogens with zero attached hydrogens (tertiary/aromatic N) is 2. The lowest BCUT2D eigenvalue weighted by atomic mass is 9.78. The Morgan fingerprint density at radius 1 is 0.862 bits per heavy atom. The molecule has 6 heteroatoms. The van der Waals surface area contributed by atoms with Crippen LogP contribution >= 0.6 is 0 Å². The van der Waals surface area contributed by atoms with Crippen molar-refractivity contribution in [1.29, 1.82) is 0 Å². The van der Waals surface area contributed by atoms with Crippen LogP contribution in [-0.4, -0.2) is 24.4 Å². The molecule has 2 amide bonds. The quantitative estimate of drug-likeness (QED) is 0.499. The summed E-state index contributed by atoms with van der Waals surface area (Å²) < 4.78 is 5.11. The summed E-state index contributed by atoms with van der Waals surface area (Å²) in [7, 11) is 0. The van der Waals surface area contributed by atoms with Gasteiger partial charge in [-0.15, -0.1) is 0 Å². The van der Waals surface area contributed by atoms with Gasteiger partial charge in [-0.05, 0) is 37.6 Å². The molecule has 6 nitrogen and oxygen atoms in total. The van der Waals surface area contributed by atoms with Crippen molar-refractivity contribution in [1.82, 2.24) is 0 Å². The highest BCUT2D eigenvalue weighted by atomic mass is 16.5. The lowest BCUT2D eigenvalue weighted by Gasteiger charge is -2.27. The maximum atomic E-state index is 13.7. The molecule has 0 aliphatic carbocycles. The van der Waals surface area contributed by atoms with Crippen molar-refractivity contribution in [2.75, 3.05) is 16.6 Å². The van der Waals surface area contributed by atoms with Crippen LogP contribution in [0.3, 0.4) is 0 Å². The highest BCUT2D eigenvalue weighted by Crippen LogP contribution is 2.44. The largest absolute Gasteiger partial charge is 0.466 e. The average Bonchev–Trinajstić information content (AvgIpc) is 2.95. The van der Waals surface area contributed by atoms with E-state index in [0.29, 0.717) is 24.2 Å². The minimum absolute atomic E-state index is 0.204. The summed E-state index contributed by atoms with van der Waals surface area (Å²) in [6.07, 6.45) is 1.50.